The Morgan fingerprint density at radius 3 is 2.59 bits per heavy atom. The molecular weight excluding hydrogens is 230 g/mol. The molecule has 7 heteroatoms. The zero-order valence-electron chi connectivity index (χ0n) is 8.65. The van der Waals surface area contributed by atoms with E-state index in [9.17, 15) is 13.6 Å². The number of nitrogens with two attached hydrogens (primary N) is 1. The Morgan fingerprint density at radius 1 is 1.41 bits per heavy atom. The molecule has 0 spiro atoms. The molecule has 5 nitrogen and oxygen atoms in total. The molecule has 0 aliphatic carbocycles. The molecule has 88 valence electrons. The van der Waals surface area contributed by atoms with Crippen LogP contribution in [-0.2, 0) is 6.54 Å². The maximum atomic E-state index is 13.3. The third-order valence-corrected chi connectivity index (χ3v) is 2.22. The standard InChI is InChI=1S/C10H8F2N4O/c11-7-2-1-3-8(12)6(7)4-16-5-9(10(13)17)14-15-16/h1-3,5H,4H2,(H2,13,17)/p+1. The van der Waals surface area contributed by atoms with Gasteiger partial charge in [0.15, 0.2) is 6.20 Å². The lowest BCUT2D eigenvalue weighted by molar-refractivity contribution is -0.746. The van der Waals surface area contributed by atoms with Gasteiger partial charge in [-0.05, 0) is 12.1 Å². The number of aromatic nitrogens is 3. The predicted molar refractivity (Wildman–Crippen MR) is 52.8 cm³/mol. The summed E-state index contributed by atoms with van der Waals surface area (Å²) >= 11 is 0. The van der Waals surface area contributed by atoms with E-state index in [1.165, 1.54) is 16.9 Å². The summed E-state index contributed by atoms with van der Waals surface area (Å²) in [7, 11) is 0. The van der Waals surface area contributed by atoms with Gasteiger partial charge in [0.1, 0.15) is 18.2 Å². The molecule has 0 atom stereocenters. The molecule has 1 amide bonds. The fourth-order valence-electron chi connectivity index (χ4n) is 1.38. The molecule has 1 aromatic carbocycles. The monoisotopic (exact) mass is 239 g/mol. The van der Waals surface area contributed by atoms with Gasteiger partial charge in [0.2, 0.25) is 0 Å². The highest BCUT2D eigenvalue weighted by atomic mass is 19.1. The SMILES string of the molecule is NC(=O)c1c[n+](Cc2c(F)cccc2F)[nH]n1. The van der Waals surface area contributed by atoms with Crippen LogP contribution in [0.4, 0.5) is 8.78 Å². The molecule has 0 bridgehead atoms. The fraction of sp³-hybridized carbons (Fsp3) is 0.100. The van der Waals surface area contributed by atoms with Crippen LogP contribution in [0.5, 0.6) is 0 Å². The number of carbonyl (C=O) groups is 1. The smallest absolute Gasteiger partial charge is 0.305 e. The van der Waals surface area contributed by atoms with E-state index < -0.39 is 17.5 Å². The number of rotatable bonds is 3. The van der Waals surface area contributed by atoms with Gasteiger partial charge in [-0.15, -0.1) is 0 Å². The lowest BCUT2D eigenvalue weighted by Crippen LogP contribution is -2.36. The third kappa shape index (κ3) is 2.27. The Bertz CT molecular complexity index is 547. The first-order valence-corrected chi connectivity index (χ1v) is 4.75. The van der Waals surface area contributed by atoms with Crippen molar-refractivity contribution in [2.45, 2.75) is 6.54 Å². The summed E-state index contributed by atoms with van der Waals surface area (Å²) in [6.07, 6.45) is 1.29. The number of H-pyrrole nitrogens is 1. The number of benzene rings is 1. The second-order valence-electron chi connectivity index (χ2n) is 3.42. The number of carbonyl (C=O) groups excluding carboxylic acids is 1. The van der Waals surface area contributed by atoms with Crippen molar-refractivity contribution in [1.29, 1.82) is 0 Å². The van der Waals surface area contributed by atoms with E-state index >= 15 is 0 Å². The molecule has 3 N–H and O–H groups in total. The van der Waals surface area contributed by atoms with Crippen molar-refractivity contribution in [2.75, 3.05) is 0 Å². The Morgan fingerprint density at radius 2 is 2.06 bits per heavy atom. The second-order valence-corrected chi connectivity index (χ2v) is 3.42. The highest BCUT2D eigenvalue weighted by Gasteiger charge is 2.17. The molecule has 17 heavy (non-hydrogen) atoms. The zero-order valence-corrected chi connectivity index (χ0v) is 8.65. The quantitative estimate of drug-likeness (QED) is 0.746. The zero-order chi connectivity index (χ0) is 12.4. The van der Waals surface area contributed by atoms with E-state index in [2.05, 4.69) is 10.3 Å². The van der Waals surface area contributed by atoms with Gasteiger partial charge in [0.05, 0.1) is 10.7 Å². The summed E-state index contributed by atoms with van der Waals surface area (Å²) in [5.41, 5.74) is 4.89. The third-order valence-electron chi connectivity index (χ3n) is 2.22. The van der Waals surface area contributed by atoms with Gasteiger partial charge < -0.3 is 5.73 Å². The Kier molecular flexibility index (Phi) is 2.82. The minimum atomic E-state index is -0.714. The summed E-state index contributed by atoms with van der Waals surface area (Å²) in [6, 6.07) is 3.59. The lowest BCUT2D eigenvalue weighted by Gasteiger charge is -2.00. The first-order chi connectivity index (χ1) is 8.08. The van der Waals surface area contributed by atoms with Crippen LogP contribution in [0.25, 0.3) is 0 Å². The van der Waals surface area contributed by atoms with Crippen LogP contribution < -0.4 is 10.4 Å². The fourth-order valence-corrected chi connectivity index (χ4v) is 1.38. The number of hydrogen-bond donors (Lipinski definition) is 2. The van der Waals surface area contributed by atoms with Crippen LogP contribution in [0.15, 0.2) is 24.4 Å². The van der Waals surface area contributed by atoms with Crippen molar-refractivity contribution in [1.82, 2.24) is 10.3 Å². The molecule has 1 heterocycles. The molecule has 2 aromatic rings. The van der Waals surface area contributed by atoms with Crippen molar-refractivity contribution in [2.24, 2.45) is 5.73 Å². The Balaban J connectivity index is 2.28. The van der Waals surface area contributed by atoms with Gasteiger partial charge >= 0.3 is 5.69 Å². The number of nitrogens with zero attached hydrogens (tertiary/aromatic N) is 2. The second kappa shape index (κ2) is 4.28. The van der Waals surface area contributed by atoms with Crippen molar-refractivity contribution in [3.05, 3.63) is 47.3 Å². The average molecular weight is 239 g/mol. The van der Waals surface area contributed by atoms with E-state index in [1.54, 1.807) is 0 Å². The molecule has 1 aromatic heterocycles. The molecule has 0 aliphatic heterocycles. The van der Waals surface area contributed by atoms with Crippen LogP contribution in [0, 0.1) is 11.6 Å². The number of amides is 1. The summed E-state index contributed by atoms with van der Waals surface area (Å²) in [5.74, 6) is -2.03. The minimum Gasteiger partial charge on any atom is -0.362 e. The van der Waals surface area contributed by atoms with Crippen LogP contribution in [0.1, 0.15) is 16.1 Å². The summed E-state index contributed by atoms with van der Waals surface area (Å²) < 4.78 is 27.9. The van der Waals surface area contributed by atoms with Crippen molar-refractivity contribution in [3.8, 4) is 0 Å². The number of aromatic amines is 1. The van der Waals surface area contributed by atoms with Crippen molar-refractivity contribution < 1.29 is 18.3 Å². The van der Waals surface area contributed by atoms with Crippen LogP contribution in [-0.4, -0.2) is 16.2 Å². The topological polar surface area (TPSA) is 75.7 Å². The number of primary amides is 1. The molecule has 0 fully saturated rings. The van der Waals surface area contributed by atoms with Gasteiger partial charge in [-0.2, -0.15) is 4.68 Å². The maximum Gasteiger partial charge on any atom is 0.305 e. The average Bonchev–Trinajstić information content (AvgIpc) is 2.72. The summed E-state index contributed by atoms with van der Waals surface area (Å²) in [4.78, 5) is 10.8. The molecule has 0 unspecified atom stereocenters. The largest absolute Gasteiger partial charge is 0.362 e. The predicted octanol–water partition coefficient (Wildman–Crippen LogP) is 0.123. The van der Waals surface area contributed by atoms with E-state index in [0.29, 0.717) is 0 Å². The molecule has 0 radical (unpaired) electrons. The Hall–Kier alpha value is -2.31. The number of halogens is 2. The first kappa shape index (κ1) is 11.2. The number of hydrogen-bond acceptors (Lipinski definition) is 2. The molecule has 0 saturated carbocycles. The van der Waals surface area contributed by atoms with E-state index in [4.69, 9.17) is 5.73 Å². The van der Waals surface area contributed by atoms with Crippen LogP contribution >= 0.6 is 0 Å². The molecule has 2 rings (SSSR count). The first-order valence-electron chi connectivity index (χ1n) is 4.75. The van der Waals surface area contributed by atoms with E-state index in [0.717, 1.165) is 12.1 Å². The maximum absolute atomic E-state index is 13.3. The van der Waals surface area contributed by atoms with Gasteiger partial charge in [-0.1, -0.05) is 11.3 Å². The summed E-state index contributed by atoms with van der Waals surface area (Å²) in [5, 5.41) is 6.01. The van der Waals surface area contributed by atoms with Gasteiger partial charge in [0, 0.05) is 0 Å². The van der Waals surface area contributed by atoms with Crippen molar-refractivity contribution >= 4 is 5.91 Å². The highest BCUT2D eigenvalue weighted by molar-refractivity contribution is 5.89. The van der Waals surface area contributed by atoms with Gasteiger partial charge in [0.25, 0.3) is 5.91 Å². The van der Waals surface area contributed by atoms with Gasteiger partial charge in [-0.3, -0.25) is 4.79 Å². The minimum absolute atomic E-state index is 0.00162. The van der Waals surface area contributed by atoms with E-state index in [1.807, 2.05) is 0 Å². The number of nitrogens with one attached hydrogen (secondary N) is 1. The lowest BCUT2D eigenvalue weighted by atomic mass is 10.2. The van der Waals surface area contributed by atoms with Crippen LogP contribution in [0.2, 0.25) is 0 Å². The van der Waals surface area contributed by atoms with Crippen LogP contribution in [0.3, 0.4) is 0 Å². The highest BCUT2D eigenvalue weighted by Crippen LogP contribution is 2.10. The molecule has 0 saturated heterocycles. The Labute approximate surface area is 94.8 Å². The van der Waals surface area contributed by atoms with Gasteiger partial charge in [-0.25, -0.2) is 8.78 Å². The van der Waals surface area contributed by atoms with Crippen molar-refractivity contribution in [3.63, 3.8) is 0 Å². The molecular formula is C10H9F2N4O+. The molecule has 0 aliphatic rings. The normalized spacial score (nSPS) is 10.5. The van der Waals surface area contributed by atoms with E-state index in [-0.39, 0.29) is 17.8 Å². The summed E-state index contributed by atoms with van der Waals surface area (Å²) in [6.45, 7) is -0.0984.